The van der Waals surface area contributed by atoms with Gasteiger partial charge in [0.15, 0.2) is 0 Å². The van der Waals surface area contributed by atoms with E-state index in [-0.39, 0.29) is 5.92 Å². The molecule has 0 aliphatic rings. The summed E-state index contributed by atoms with van der Waals surface area (Å²) in [5.41, 5.74) is 2.02. The summed E-state index contributed by atoms with van der Waals surface area (Å²) >= 11 is 0. The fourth-order valence-electron chi connectivity index (χ4n) is 2.23. The van der Waals surface area contributed by atoms with E-state index in [1.807, 2.05) is 61.5 Å². The van der Waals surface area contributed by atoms with Crippen LogP contribution in [0, 0.1) is 0 Å². The van der Waals surface area contributed by atoms with Crippen molar-refractivity contribution in [3.8, 4) is 5.75 Å². The maximum Gasteiger partial charge on any atom is 0.309 e. The molecule has 0 saturated carbocycles. The van der Waals surface area contributed by atoms with Gasteiger partial charge in [-0.05, 0) is 29.2 Å². The van der Waals surface area contributed by atoms with Crippen LogP contribution in [0.15, 0.2) is 54.6 Å². The zero-order valence-corrected chi connectivity index (χ0v) is 13.9. The molecule has 2 aromatic carbocycles. The summed E-state index contributed by atoms with van der Waals surface area (Å²) in [5, 5.41) is 5.27. The second kappa shape index (κ2) is 8.72. The first-order chi connectivity index (χ1) is 11.6. The van der Waals surface area contributed by atoms with E-state index in [4.69, 9.17) is 4.74 Å². The number of hydrogen-bond acceptors (Lipinski definition) is 3. The first kappa shape index (κ1) is 17.5. The van der Waals surface area contributed by atoms with Gasteiger partial charge in [-0.3, -0.25) is 9.59 Å². The summed E-state index contributed by atoms with van der Waals surface area (Å²) in [5.74, 6) is -0.361. The van der Waals surface area contributed by atoms with Crippen molar-refractivity contribution in [3.05, 3.63) is 65.7 Å². The summed E-state index contributed by atoms with van der Waals surface area (Å²) in [6.07, 6.45) is 0. The molecule has 2 aromatic rings. The summed E-state index contributed by atoms with van der Waals surface area (Å²) in [6.45, 7) is 2.72. The van der Waals surface area contributed by atoms with Crippen LogP contribution in [0.3, 0.4) is 0 Å². The molecule has 5 heteroatoms. The molecule has 2 amide bonds. The maximum atomic E-state index is 11.9. The van der Waals surface area contributed by atoms with Crippen molar-refractivity contribution < 1.29 is 14.3 Å². The van der Waals surface area contributed by atoms with Gasteiger partial charge in [0.1, 0.15) is 5.75 Å². The molecular weight excluding hydrogens is 304 g/mol. The molecule has 24 heavy (non-hydrogen) atoms. The van der Waals surface area contributed by atoms with Gasteiger partial charge in [-0.15, -0.1) is 0 Å². The molecule has 5 nitrogen and oxygen atoms in total. The normalized spacial score (nSPS) is 11.4. The highest BCUT2D eigenvalue weighted by atomic mass is 16.5. The standard InChI is InChI=1S/C19H22N2O3/c1-14(16-6-4-3-5-7-16)12-20-18(22)19(23)21-13-15-8-10-17(24-2)11-9-15/h3-11,14H,12-13H2,1-2H3,(H,20,22)(H,21,23)/t14-/m0/s1. The first-order valence-corrected chi connectivity index (χ1v) is 7.84. The van der Waals surface area contributed by atoms with Gasteiger partial charge in [-0.1, -0.05) is 49.4 Å². The van der Waals surface area contributed by atoms with E-state index < -0.39 is 11.8 Å². The number of amides is 2. The number of rotatable bonds is 6. The van der Waals surface area contributed by atoms with Crippen LogP contribution in [0.4, 0.5) is 0 Å². The zero-order valence-electron chi connectivity index (χ0n) is 13.9. The first-order valence-electron chi connectivity index (χ1n) is 7.84. The van der Waals surface area contributed by atoms with Crippen molar-refractivity contribution in [2.75, 3.05) is 13.7 Å². The predicted molar refractivity (Wildman–Crippen MR) is 92.7 cm³/mol. The topological polar surface area (TPSA) is 67.4 Å². The third-order valence-corrected chi connectivity index (χ3v) is 3.76. The molecule has 0 aliphatic heterocycles. The minimum Gasteiger partial charge on any atom is -0.497 e. The average Bonchev–Trinajstić information content (AvgIpc) is 2.64. The van der Waals surface area contributed by atoms with Crippen LogP contribution in [-0.4, -0.2) is 25.5 Å². The van der Waals surface area contributed by atoms with Gasteiger partial charge in [-0.2, -0.15) is 0 Å². The molecule has 0 spiro atoms. The average molecular weight is 326 g/mol. The monoisotopic (exact) mass is 326 g/mol. The number of hydrogen-bond donors (Lipinski definition) is 2. The third-order valence-electron chi connectivity index (χ3n) is 3.76. The lowest BCUT2D eigenvalue weighted by atomic mass is 10.0. The molecule has 0 saturated heterocycles. The molecule has 1 atom stereocenters. The van der Waals surface area contributed by atoms with E-state index >= 15 is 0 Å². The zero-order chi connectivity index (χ0) is 17.4. The highest BCUT2D eigenvalue weighted by Crippen LogP contribution is 2.13. The van der Waals surface area contributed by atoms with Crippen LogP contribution in [0.2, 0.25) is 0 Å². The van der Waals surface area contributed by atoms with Crippen molar-refractivity contribution in [2.45, 2.75) is 19.4 Å². The molecule has 0 aliphatic carbocycles. The number of nitrogens with one attached hydrogen (secondary N) is 2. The molecular formula is C19H22N2O3. The summed E-state index contributed by atoms with van der Waals surface area (Å²) in [7, 11) is 1.59. The van der Waals surface area contributed by atoms with Crippen LogP contribution in [0.1, 0.15) is 24.0 Å². The lowest BCUT2D eigenvalue weighted by Gasteiger charge is -2.13. The second-order valence-electron chi connectivity index (χ2n) is 5.55. The van der Waals surface area contributed by atoms with Crippen LogP contribution in [-0.2, 0) is 16.1 Å². The maximum absolute atomic E-state index is 11.9. The number of carbonyl (C=O) groups excluding carboxylic acids is 2. The Morgan fingerprint density at radius 3 is 2.21 bits per heavy atom. The fraction of sp³-hybridized carbons (Fsp3) is 0.263. The second-order valence-corrected chi connectivity index (χ2v) is 5.55. The van der Waals surface area contributed by atoms with Gasteiger partial charge in [-0.25, -0.2) is 0 Å². The highest BCUT2D eigenvalue weighted by Gasteiger charge is 2.14. The van der Waals surface area contributed by atoms with Gasteiger partial charge in [0, 0.05) is 13.1 Å². The predicted octanol–water partition coefficient (Wildman–Crippen LogP) is 2.23. The molecule has 2 N–H and O–H groups in total. The van der Waals surface area contributed by atoms with Crippen LogP contribution < -0.4 is 15.4 Å². The Labute approximate surface area is 142 Å². The SMILES string of the molecule is COc1ccc(CNC(=O)C(=O)NC[C@H](C)c2ccccc2)cc1. The molecule has 126 valence electrons. The van der Waals surface area contributed by atoms with Crippen LogP contribution in [0.5, 0.6) is 5.75 Å². The van der Waals surface area contributed by atoms with E-state index in [9.17, 15) is 9.59 Å². The van der Waals surface area contributed by atoms with Crippen molar-refractivity contribution in [3.63, 3.8) is 0 Å². The Bertz CT molecular complexity index is 669. The number of benzene rings is 2. The molecule has 0 unspecified atom stereocenters. The number of ether oxygens (including phenoxy) is 1. The Kier molecular flexibility index (Phi) is 6.37. The Morgan fingerprint density at radius 1 is 0.958 bits per heavy atom. The minimum atomic E-state index is -0.633. The molecule has 2 rings (SSSR count). The van der Waals surface area contributed by atoms with Crippen LogP contribution >= 0.6 is 0 Å². The third kappa shape index (κ3) is 5.12. The van der Waals surface area contributed by atoms with Gasteiger partial charge in [0.25, 0.3) is 0 Å². The Balaban J connectivity index is 1.76. The molecule has 0 fully saturated rings. The van der Waals surface area contributed by atoms with Crippen molar-refractivity contribution in [2.24, 2.45) is 0 Å². The summed E-state index contributed by atoms with van der Waals surface area (Å²) in [6, 6.07) is 17.2. The van der Waals surface area contributed by atoms with Crippen molar-refractivity contribution in [1.82, 2.24) is 10.6 Å². The summed E-state index contributed by atoms with van der Waals surface area (Å²) in [4.78, 5) is 23.7. The van der Waals surface area contributed by atoms with E-state index in [1.54, 1.807) is 7.11 Å². The molecule has 0 heterocycles. The lowest BCUT2D eigenvalue weighted by Crippen LogP contribution is -2.40. The van der Waals surface area contributed by atoms with E-state index in [2.05, 4.69) is 10.6 Å². The van der Waals surface area contributed by atoms with Gasteiger partial charge in [0.2, 0.25) is 0 Å². The molecule has 0 bridgehead atoms. The highest BCUT2D eigenvalue weighted by molar-refractivity contribution is 6.35. The fourth-order valence-corrected chi connectivity index (χ4v) is 2.23. The van der Waals surface area contributed by atoms with Crippen molar-refractivity contribution >= 4 is 11.8 Å². The van der Waals surface area contributed by atoms with E-state index in [1.165, 1.54) is 0 Å². The van der Waals surface area contributed by atoms with Crippen LogP contribution in [0.25, 0.3) is 0 Å². The van der Waals surface area contributed by atoms with E-state index in [0.717, 1.165) is 16.9 Å². The lowest BCUT2D eigenvalue weighted by molar-refractivity contribution is -0.139. The summed E-state index contributed by atoms with van der Waals surface area (Å²) < 4.78 is 5.07. The molecule has 0 aromatic heterocycles. The van der Waals surface area contributed by atoms with Gasteiger partial charge in [0.05, 0.1) is 7.11 Å². The van der Waals surface area contributed by atoms with Gasteiger partial charge >= 0.3 is 11.8 Å². The van der Waals surface area contributed by atoms with Gasteiger partial charge < -0.3 is 15.4 Å². The number of methoxy groups -OCH3 is 1. The minimum absolute atomic E-state index is 0.143. The quantitative estimate of drug-likeness (QED) is 0.800. The number of carbonyl (C=O) groups is 2. The molecule has 0 radical (unpaired) electrons. The van der Waals surface area contributed by atoms with Crippen molar-refractivity contribution in [1.29, 1.82) is 0 Å². The Hall–Kier alpha value is -2.82. The Morgan fingerprint density at radius 2 is 1.58 bits per heavy atom. The van der Waals surface area contributed by atoms with E-state index in [0.29, 0.717) is 13.1 Å². The smallest absolute Gasteiger partial charge is 0.309 e. The largest absolute Gasteiger partial charge is 0.497 e.